The lowest BCUT2D eigenvalue weighted by Crippen LogP contribution is -2.44. The molecule has 3 unspecified atom stereocenters. The third-order valence-electron chi connectivity index (χ3n) is 4.91. The molecule has 3 atom stereocenters. The van der Waals surface area contributed by atoms with Gasteiger partial charge in [0.2, 0.25) is 11.8 Å². The second kappa shape index (κ2) is 6.77. The van der Waals surface area contributed by atoms with E-state index in [4.69, 9.17) is 11.6 Å². The number of thiazole rings is 1. The Morgan fingerprint density at radius 1 is 1.32 bits per heavy atom. The molecular weight excluding hydrogens is 358 g/mol. The van der Waals surface area contributed by atoms with Crippen LogP contribution < -0.4 is 5.32 Å². The van der Waals surface area contributed by atoms with E-state index >= 15 is 0 Å². The van der Waals surface area contributed by atoms with Crippen LogP contribution in [0.4, 0.5) is 5.13 Å². The molecule has 1 saturated carbocycles. The summed E-state index contributed by atoms with van der Waals surface area (Å²) >= 11 is 7.63. The molecule has 1 aliphatic carbocycles. The predicted octanol–water partition coefficient (Wildman–Crippen LogP) is 3.53. The lowest BCUT2D eigenvalue weighted by Gasteiger charge is -2.24. The second-order valence-electron chi connectivity index (χ2n) is 6.49. The van der Waals surface area contributed by atoms with Gasteiger partial charge < -0.3 is 10.2 Å². The maximum atomic E-state index is 12.9. The molecule has 2 aromatic rings. The van der Waals surface area contributed by atoms with Gasteiger partial charge in [0, 0.05) is 29.1 Å². The van der Waals surface area contributed by atoms with Gasteiger partial charge in [-0.3, -0.25) is 9.59 Å². The minimum atomic E-state index is -0.399. The van der Waals surface area contributed by atoms with E-state index in [2.05, 4.69) is 10.3 Å². The van der Waals surface area contributed by atoms with E-state index < -0.39 is 6.04 Å². The van der Waals surface area contributed by atoms with Crippen LogP contribution >= 0.6 is 22.9 Å². The van der Waals surface area contributed by atoms with Crippen LogP contribution in [0, 0.1) is 5.92 Å². The molecule has 5 nitrogen and oxygen atoms in total. The Labute approximate surface area is 155 Å². The highest BCUT2D eigenvalue weighted by Gasteiger charge is 2.49. The Kier molecular flexibility index (Phi) is 4.48. The van der Waals surface area contributed by atoms with Gasteiger partial charge in [-0.05, 0) is 36.8 Å². The van der Waals surface area contributed by atoms with Gasteiger partial charge in [-0.25, -0.2) is 4.98 Å². The molecular formula is C18H18ClN3O2S. The number of carbonyl (C=O) groups excluding carboxylic acids is 2. The summed E-state index contributed by atoms with van der Waals surface area (Å²) in [5.74, 6) is 0.0371. The molecule has 1 N–H and O–H groups in total. The number of aromatic nitrogens is 1. The summed E-state index contributed by atoms with van der Waals surface area (Å²) in [5, 5.41) is 5.91. The molecule has 2 fully saturated rings. The molecule has 4 rings (SSSR count). The first-order valence-electron chi connectivity index (χ1n) is 8.40. The zero-order valence-electron chi connectivity index (χ0n) is 13.5. The number of nitrogens with zero attached hydrogens (tertiary/aromatic N) is 2. The van der Waals surface area contributed by atoms with Crippen LogP contribution in [0.2, 0.25) is 5.02 Å². The normalized spacial score (nSPS) is 25.0. The maximum absolute atomic E-state index is 12.9. The molecule has 1 aliphatic heterocycles. The summed E-state index contributed by atoms with van der Waals surface area (Å²) in [6, 6.07) is 7.28. The van der Waals surface area contributed by atoms with Crippen LogP contribution in [0.1, 0.15) is 30.7 Å². The highest BCUT2D eigenvalue weighted by atomic mass is 35.5. The summed E-state index contributed by atoms with van der Waals surface area (Å²) < 4.78 is 0. The van der Waals surface area contributed by atoms with Gasteiger partial charge in [-0.15, -0.1) is 11.3 Å². The van der Waals surface area contributed by atoms with Gasteiger partial charge in [0.1, 0.15) is 6.04 Å². The van der Waals surface area contributed by atoms with E-state index in [-0.39, 0.29) is 23.7 Å². The Morgan fingerprint density at radius 2 is 2.16 bits per heavy atom. The summed E-state index contributed by atoms with van der Waals surface area (Å²) in [4.78, 5) is 31.2. The molecule has 25 heavy (non-hydrogen) atoms. The Morgan fingerprint density at radius 3 is 2.92 bits per heavy atom. The smallest absolute Gasteiger partial charge is 0.248 e. The van der Waals surface area contributed by atoms with Gasteiger partial charge >= 0.3 is 0 Å². The monoisotopic (exact) mass is 375 g/mol. The molecule has 1 saturated heterocycles. The van der Waals surface area contributed by atoms with Crippen LogP contribution in [0.25, 0.3) is 0 Å². The Bertz CT molecular complexity index is 795. The first-order chi connectivity index (χ1) is 12.1. The van der Waals surface area contributed by atoms with Crippen molar-refractivity contribution < 1.29 is 9.59 Å². The first kappa shape index (κ1) is 16.5. The number of halogens is 1. The highest BCUT2D eigenvalue weighted by molar-refractivity contribution is 7.13. The highest BCUT2D eigenvalue weighted by Crippen LogP contribution is 2.51. The lowest BCUT2D eigenvalue weighted by molar-refractivity contribution is -0.137. The molecule has 7 heteroatoms. The molecule has 1 aromatic carbocycles. The minimum absolute atomic E-state index is 0.0619. The van der Waals surface area contributed by atoms with Crippen molar-refractivity contribution in [2.45, 2.75) is 31.2 Å². The average molecular weight is 376 g/mol. The van der Waals surface area contributed by atoms with Crippen LogP contribution in [-0.4, -0.2) is 34.3 Å². The summed E-state index contributed by atoms with van der Waals surface area (Å²) in [6.07, 6.45) is 4.01. The fourth-order valence-corrected chi connectivity index (χ4v) is 4.39. The topological polar surface area (TPSA) is 62.3 Å². The van der Waals surface area contributed by atoms with Crippen LogP contribution in [0.3, 0.4) is 0 Å². The van der Waals surface area contributed by atoms with Crippen molar-refractivity contribution in [1.29, 1.82) is 0 Å². The van der Waals surface area contributed by atoms with E-state index in [0.717, 1.165) is 18.4 Å². The number of benzene rings is 1. The fraction of sp³-hybridized carbons (Fsp3) is 0.389. The van der Waals surface area contributed by atoms with Crippen molar-refractivity contribution in [2.24, 2.45) is 5.92 Å². The van der Waals surface area contributed by atoms with Gasteiger partial charge in [-0.2, -0.15) is 0 Å². The van der Waals surface area contributed by atoms with Crippen molar-refractivity contribution >= 4 is 39.9 Å². The number of amides is 2. The zero-order valence-corrected chi connectivity index (χ0v) is 15.1. The van der Waals surface area contributed by atoms with Gasteiger partial charge in [0.15, 0.2) is 5.13 Å². The minimum Gasteiger partial charge on any atom is -0.330 e. The number of nitrogens with one attached hydrogen (secondary N) is 1. The maximum Gasteiger partial charge on any atom is 0.248 e. The number of hydrogen-bond donors (Lipinski definition) is 1. The van der Waals surface area contributed by atoms with E-state index in [9.17, 15) is 9.59 Å². The van der Waals surface area contributed by atoms with E-state index in [1.165, 1.54) is 11.3 Å². The van der Waals surface area contributed by atoms with Gasteiger partial charge in [0.05, 0.1) is 0 Å². The standard InChI is InChI=1S/C18H18ClN3O2S/c19-14-5-2-1-4-11(14)12-10-13(12)17(24)22-8-3-6-15(22)16(23)21-18-20-7-9-25-18/h1-2,4-5,7,9,12-13,15H,3,6,8,10H2,(H,20,21,23). The van der Waals surface area contributed by atoms with Crippen molar-refractivity contribution in [1.82, 2.24) is 9.88 Å². The fourth-order valence-electron chi connectivity index (χ4n) is 3.58. The van der Waals surface area contributed by atoms with Crippen LogP contribution in [-0.2, 0) is 9.59 Å². The SMILES string of the molecule is O=C(Nc1nccs1)C1CCCN1C(=O)C1CC1c1ccccc1Cl. The summed E-state index contributed by atoms with van der Waals surface area (Å²) in [7, 11) is 0. The van der Waals surface area contributed by atoms with E-state index in [1.807, 2.05) is 29.6 Å². The Balaban J connectivity index is 1.43. The van der Waals surface area contributed by atoms with Gasteiger partial charge in [0.25, 0.3) is 0 Å². The Hall–Kier alpha value is -1.92. The molecule has 2 heterocycles. The quantitative estimate of drug-likeness (QED) is 0.889. The average Bonchev–Trinajstić information content (AvgIpc) is 2.99. The third kappa shape index (κ3) is 3.28. The number of anilines is 1. The van der Waals surface area contributed by atoms with Gasteiger partial charge in [-0.1, -0.05) is 29.8 Å². The van der Waals surface area contributed by atoms with Crippen molar-refractivity contribution in [3.05, 3.63) is 46.4 Å². The van der Waals surface area contributed by atoms with E-state index in [0.29, 0.717) is 23.1 Å². The number of likely N-dealkylation sites (tertiary alicyclic amines) is 1. The first-order valence-corrected chi connectivity index (χ1v) is 9.66. The van der Waals surface area contributed by atoms with Crippen molar-refractivity contribution in [2.75, 3.05) is 11.9 Å². The predicted molar refractivity (Wildman–Crippen MR) is 97.8 cm³/mol. The number of carbonyl (C=O) groups is 2. The molecule has 1 aromatic heterocycles. The lowest BCUT2D eigenvalue weighted by atomic mass is 10.1. The molecule has 0 radical (unpaired) electrons. The number of hydrogen-bond acceptors (Lipinski definition) is 4. The third-order valence-corrected chi connectivity index (χ3v) is 5.95. The van der Waals surface area contributed by atoms with Crippen molar-refractivity contribution in [3.63, 3.8) is 0 Å². The second-order valence-corrected chi connectivity index (χ2v) is 7.79. The molecule has 130 valence electrons. The summed E-state index contributed by atoms with van der Waals surface area (Å²) in [5.41, 5.74) is 1.03. The number of rotatable bonds is 4. The molecule has 0 spiro atoms. The summed E-state index contributed by atoms with van der Waals surface area (Å²) in [6.45, 7) is 0.639. The molecule has 2 amide bonds. The molecule has 0 bridgehead atoms. The van der Waals surface area contributed by atoms with E-state index in [1.54, 1.807) is 11.1 Å². The van der Waals surface area contributed by atoms with Crippen LogP contribution in [0.5, 0.6) is 0 Å². The largest absolute Gasteiger partial charge is 0.330 e. The molecule has 2 aliphatic rings. The van der Waals surface area contributed by atoms with Crippen LogP contribution in [0.15, 0.2) is 35.8 Å². The zero-order chi connectivity index (χ0) is 17.4. The van der Waals surface area contributed by atoms with Crippen molar-refractivity contribution in [3.8, 4) is 0 Å².